The fourth-order valence-corrected chi connectivity index (χ4v) is 4.90. The summed E-state index contributed by atoms with van der Waals surface area (Å²) < 4.78 is 1.86. The van der Waals surface area contributed by atoms with Crippen LogP contribution in [0.2, 0.25) is 0 Å². The van der Waals surface area contributed by atoms with Crippen LogP contribution in [0, 0.1) is 5.92 Å². The van der Waals surface area contributed by atoms with Crippen molar-refractivity contribution in [3.05, 3.63) is 60.1 Å². The molecule has 2 aliphatic heterocycles. The molecule has 6 heteroatoms. The predicted molar refractivity (Wildman–Crippen MR) is 119 cm³/mol. The van der Waals surface area contributed by atoms with Gasteiger partial charge in [0.15, 0.2) is 0 Å². The van der Waals surface area contributed by atoms with Gasteiger partial charge in [-0.3, -0.25) is 14.4 Å². The van der Waals surface area contributed by atoms with Gasteiger partial charge in [0.2, 0.25) is 5.91 Å². The third kappa shape index (κ3) is 3.92. The van der Waals surface area contributed by atoms with Crippen LogP contribution in [0.5, 0.6) is 0 Å². The summed E-state index contributed by atoms with van der Waals surface area (Å²) >= 11 is 0. The summed E-state index contributed by atoms with van der Waals surface area (Å²) in [5.41, 5.74) is 5.08. The Hall–Kier alpha value is -2.86. The molecule has 4 heterocycles. The molecular formula is C24H29N5O. The van der Waals surface area contributed by atoms with E-state index in [0.29, 0.717) is 19.0 Å². The first kappa shape index (κ1) is 19.1. The van der Waals surface area contributed by atoms with Gasteiger partial charge in [-0.2, -0.15) is 5.10 Å². The summed E-state index contributed by atoms with van der Waals surface area (Å²) in [5, 5.41) is 5.53. The van der Waals surface area contributed by atoms with E-state index >= 15 is 0 Å². The van der Waals surface area contributed by atoms with Crippen LogP contribution in [0.25, 0.3) is 16.5 Å². The Morgan fingerprint density at radius 2 is 2.17 bits per heavy atom. The molecule has 0 aliphatic carbocycles. The number of nitrogens with one attached hydrogen (secondary N) is 1. The number of rotatable bonds is 5. The maximum Gasteiger partial charge on any atom is 0.237 e. The first-order valence-electron chi connectivity index (χ1n) is 10.9. The Morgan fingerprint density at radius 3 is 2.97 bits per heavy atom. The second kappa shape index (κ2) is 8.11. The van der Waals surface area contributed by atoms with Crippen molar-refractivity contribution in [2.75, 3.05) is 32.7 Å². The van der Waals surface area contributed by atoms with Gasteiger partial charge in [-0.1, -0.05) is 24.3 Å². The number of hydrogen-bond acceptors (Lipinski definition) is 3. The van der Waals surface area contributed by atoms with Gasteiger partial charge in [-0.05, 0) is 48.9 Å². The standard InChI is InChI=1S/C24H29N5O/c1-27-15-19(13-26-27)12-18-6-9-28(16-18)17-24(30)29-10-7-20(8-11-29)22-14-25-23-5-3-2-4-21(22)23/h2-5,7,13-15,18,25H,6,8-12,16-17H2,1H3. The molecule has 1 saturated heterocycles. The topological polar surface area (TPSA) is 57.2 Å². The van der Waals surface area contributed by atoms with Crippen molar-refractivity contribution < 1.29 is 4.79 Å². The number of fused-ring (bicyclic) bond motifs is 1. The van der Waals surface area contributed by atoms with Crippen molar-refractivity contribution in [3.63, 3.8) is 0 Å². The second-order valence-corrected chi connectivity index (χ2v) is 8.68. The van der Waals surface area contributed by atoms with Crippen LogP contribution in [-0.2, 0) is 18.3 Å². The normalized spacial score (nSPS) is 20.1. The number of hydrogen-bond donors (Lipinski definition) is 1. The predicted octanol–water partition coefficient (Wildman–Crippen LogP) is 3.08. The minimum atomic E-state index is 0.256. The van der Waals surface area contributed by atoms with E-state index in [9.17, 15) is 4.79 Å². The van der Waals surface area contributed by atoms with E-state index in [0.717, 1.165) is 38.9 Å². The summed E-state index contributed by atoms with van der Waals surface area (Å²) in [6.45, 7) is 4.07. The van der Waals surface area contributed by atoms with Crippen LogP contribution in [0.1, 0.15) is 24.0 Å². The monoisotopic (exact) mass is 403 g/mol. The van der Waals surface area contributed by atoms with Crippen LogP contribution in [0.3, 0.4) is 0 Å². The van der Waals surface area contributed by atoms with Gasteiger partial charge in [0.25, 0.3) is 0 Å². The number of aromatic amines is 1. The molecule has 1 amide bonds. The smallest absolute Gasteiger partial charge is 0.237 e. The molecule has 2 aliphatic rings. The van der Waals surface area contributed by atoms with Gasteiger partial charge in [0.1, 0.15) is 0 Å². The van der Waals surface area contributed by atoms with Crippen LogP contribution < -0.4 is 0 Å². The number of H-pyrrole nitrogens is 1. The summed E-state index contributed by atoms with van der Waals surface area (Å²) in [5.74, 6) is 0.878. The number of benzene rings is 1. The van der Waals surface area contributed by atoms with Crippen molar-refractivity contribution in [2.45, 2.75) is 19.3 Å². The van der Waals surface area contributed by atoms with Crippen molar-refractivity contribution in [1.82, 2.24) is 24.6 Å². The second-order valence-electron chi connectivity index (χ2n) is 8.68. The first-order valence-corrected chi connectivity index (χ1v) is 10.9. The molecule has 2 aromatic heterocycles. The van der Waals surface area contributed by atoms with Gasteiger partial charge in [-0.25, -0.2) is 0 Å². The molecule has 6 nitrogen and oxygen atoms in total. The first-order chi connectivity index (χ1) is 14.7. The lowest BCUT2D eigenvalue weighted by Crippen LogP contribution is -2.41. The lowest BCUT2D eigenvalue weighted by Gasteiger charge is -2.28. The molecule has 1 atom stereocenters. The van der Waals surface area contributed by atoms with E-state index in [4.69, 9.17) is 0 Å². The molecule has 1 fully saturated rings. The van der Waals surface area contributed by atoms with Gasteiger partial charge in [0, 0.05) is 55.5 Å². The summed E-state index contributed by atoms with van der Waals surface area (Å²) in [7, 11) is 1.96. The fraction of sp³-hybridized carbons (Fsp3) is 0.417. The minimum absolute atomic E-state index is 0.256. The van der Waals surface area contributed by atoms with E-state index in [-0.39, 0.29) is 5.91 Å². The average Bonchev–Trinajstić information content (AvgIpc) is 3.49. The van der Waals surface area contributed by atoms with Crippen molar-refractivity contribution >= 4 is 22.4 Å². The number of amides is 1. The van der Waals surface area contributed by atoms with Crippen molar-refractivity contribution in [2.24, 2.45) is 13.0 Å². The molecule has 5 rings (SSSR count). The zero-order valence-electron chi connectivity index (χ0n) is 17.6. The highest BCUT2D eigenvalue weighted by Crippen LogP contribution is 2.29. The van der Waals surface area contributed by atoms with Crippen molar-refractivity contribution in [3.8, 4) is 0 Å². The van der Waals surface area contributed by atoms with Gasteiger partial charge < -0.3 is 9.88 Å². The third-order valence-electron chi connectivity index (χ3n) is 6.51. The Kier molecular flexibility index (Phi) is 5.17. The Bertz CT molecular complexity index is 1080. The van der Waals surface area contributed by atoms with E-state index < -0.39 is 0 Å². The van der Waals surface area contributed by atoms with Gasteiger partial charge in [0.05, 0.1) is 12.7 Å². The highest BCUT2D eigenvalue weighted by molar-refractivity contribution is 5.93. The summed E-state index contributed by atoms with van der Waals surface area (Å²) in [4.78, 5) is 20.5. The maximum absolute atomic E-state index is 12.9. The van der Waals surface area contributed by atoms with Gasteiger partial charge in [-0.15, -0.1) is 0 Å². The Balaban J connectivity index is 1.15. The SMILES string of the molecule is Cn1cc(CC2CCN(CC(=O)N3CC=C(c4c[nH]c5ccccc45)CC3)C2)cn1. The molecule has 30 heavy (non-hydrogen) atoms. The lowest BCUT2D eigenvalue weighted by molar-refractivity contribution is -0.131. The van der Waals surface area contributed by atoms with E-state index in [1.165, 1.54) is 27.6 Å². The lowest BCUT2D eigenvalue weighted by atomic mass is 9.99. The van der Waals surface area contributed by atoms with Crippen LogP contribution in [0.4, 0.5) is 0 Å². The summed E-state index contributed by atoms with van der Waals surface area (Å²) in [6, 6.07) is 8.40. The van der Waals surface area contributed by atoms with Gasteiger partial charge >= 0.3 is 0 Å². The zero-order valence-corrected chi connectivity index (χ0v) is 17.6. The molecule has 0 saturated carbocycles. The number of para-hydroxylation sites is 1. The molecule has 1 unspecified atom stereocenters. The number of carbonyl (C=O) groups is 1. The fourth-order valence-electron chi connectivity index (χ4n) is 4.90. The minimum Gasteiger partial charge on any atom is -0.361 e. The Morgan fingerprint density at radius 1 is 1.27 bits per heavy atom. The average molecular weight is 404 g/mol. The molecule has 1 aromatic carbocycles. The molecule has 156 valence electrons. The molecular weight excluding hydrogens is 374 g/mol. The summed E-state index contributed by atoms with van der Waals surface area (Å²) in [6.07, 6.45) is 11.5. The molecule has 0 radical (unpaired) electrons. The number of nitrogens with zero attached hydrogens (tertiary/aromatic N) is 4. The van der Waals surface area contributed by atoms with E-state index in [1.807, 2.05) is 22.8 Å². The number of aromatic nitrogens is 3. The highest BCUT2D eigenvalue weighted by Gasteiger charge is 2.27. The highest BCUT2D eigenvalue weighted by atomic mass is 16.2. The molecule has 0 bridgehead atoms. The van der Waals surface area contributed by atoms with Crippen molar-refractivity contribution in [1.29, 1.82) is 0 Å². The van der Waals surface area contributed by atoms with Crippen LogP contribution in [-0.4, -0.2) is 63.2 Å². The van der Waals surface area contributed by atoms with Crippen LogP contribution in [0.15, 0.2) is 48.9 Å². The van der Waals surface area contributed by atoms with E-state index in [1.54, 1.807) is 0 Å². The Labute approximate surface area is 177 Å². The zero-order chi connectivity index (χ0) is 20.5. The number of likely N-dealkylation sites (tertiary alicyclic amines) is 1. The van der Waals surface area contributed by atoms with E-state index in [2.05, 4.69) is 57.7 Å². The quantitative estimate of drug-likeness (QED) is 0.712. The third-order valence-corrected chi connectivity index (χ3v) is 6.51. The molecule has 1 N–H and O–H groups in total. The number of carbonyl (C=O) groups excluding carboxylic acids is 1. The largest absolute Gasteiger partial charge is 0.361 e. The van der Waals surface area contributed by atoms with Crippen LogP contribution >= 0.6 is 0 Å². The maximum atomic E-state index is 12.9. The molecule has 0 spiro atoms. The number of aryl methyl sites for hydroxylation is 1. The molecule has 3 aromatic rings.